The molecule has 2 aromatic rings. The Morgan fingerprint density at radius 2 is 0.947 bits per heavy atom. The molecule has 0 spiro atoms. The molecule has 1 unspecified atom stereocenters. The van der Waals surface area contributed by atoms with Gasteiger partial charge >= 0.3 is 0 Å². The predicted molar refractivity (Wildman–Crippen MR) is 173 cm³/mol. The van der Waals surface area contributed by atoms with Gasteiger partial charge in [-0.2, -0.15) is 9.34 Å². The predicted octanol–water partition coefficient (Wildman–Crippen LogP) is 6.33. The van der Waals surface area contributed by atoms with Crippen molar-refractivity contribution in [3.05, 3.63) is 46.5 Å². The van der Waals surface area contributed by atoms with Crippen LogP contribution in [-0.2, 0) is 21.7 Å². The van der Waals surface area contributed by atoms with E-state index in [0.29, 0.717) is 0 Å². The molecule has 1 atom stereocenters. The number of hydrogen-bond donors (Lipinski definition) is 0. The lowest BCUT2D eigenvalue weighted by atomic mass is 9.76. The van der Waals surface area contributed by atoms with E-state index < -0.39 is 14.2 Å². The molecule has 0 aromatic heterocycles. The van der Waals surface area contributed by atoms with Crippen LogP contribution in [0.3, 0.4) is 0 Å². The quantitative estimate of drug-likeness (QED) is 0.374. The Morgan fingerprint density at radius 3 is 1.29 bits per heavy atom. The zero-order valence-corrected chi connectivity index (χ0v) is 30.2. The van der Waals surface area contributed by atoms with Crippen molar-refractivity contribution >= 4 is 36.1 Å². The molecule has 0 radical (unpaired) electrons. The summed E-state index contributed by atoms with van der Waals surface area (Å²) in [6.07, 6.45) is 0. The molecule has 0 amide bonds. The lowest BCUT2D eigenvalue weighted by molar-refractivity contribution is -0.00000938. The molecule has 214 valence electrons. The van der Waals surface area contributed by atoms with Crippen LogP contribution in [0, 0.1) is 0 Å². The standard InChI is InChI=1S/C32H52ClN2P2.ClH/c1-29(2,3)21-17-23-24-18-22(30(4,5)6)20-26(32(10,11)12)28(24)37(34(13)14,35(15)16)36(33)27(23)25(19-21)31(7,8)9;/h17-20H,1-16H3;1H/q+1;/p-1. The first-order valence-corrected chi connectivity index (χ1v) is 18.2. The molecule has 6 heteroatoms. The van der Waals surface area contributed by atoms with Crippen molar-refractivity contribution < 1.29 is 12.4 Å². The molecule has 2 aromatic carbocycles. The van der Waals surface area contributed by atoms with E-state index >= 15 is 0 Å². The average molecular weight is 598 g/mol. The second-order valence-corrected chi connectivity index (χ2v) is 24.1. The summed E-state index contributed by atoms with van der Waals surface area (Å²) in [6, 6.07) is 9.98. The van der Waals surface area contributed by atoms with E-state index in [4.69, 9.17) is 11.2 Å². The highest BCUT2D eigenvalue weighted by molar-refractivity contribution is 8.51. The summed E-state index contributed by atoms with van der Waals surface area (Å²) in [4.78, 5) is 0. The van der Waals surface area contributed by atoms with E-state index in [0.717, 1.165) is 0 Å². The molecule has 38 heavy (non-hydrogen) atoms. The largest absolute Gasteiger partial charge is 1.00 e. The van der Waals surface area contributed by atoms with Crippen LogP contribution in [0.4, 0.5) is 0 Å². The Bertz CT molecular complexity index is 1180. The normalized spacial score (nSPS) is 17.8. The number of nitrogens with zero attached hydrogens (tertiary/aromatic N) is 2. The van der Waals surface area contributed by atoms with E-state index in [-0.39, 0.29) is 34.1 Å². The summed E-state index contributed by atoms with van der Waals surface area (Å²) in [6.45, 7) is 27.1. The molecule has 0 bridgehead atoms. The topological polar surface area (TPSA) is 6.48 Å². The van der Waals surface area contributed by atoms with Crippen molar-refractivity contribution in [1.29, 1.82) is 0 Å². The third kappa shape index (κ3) is 5.62. The van der Waals surface area contributed by atoms with Crippen LogP contribution in [0.25, 0.3) is 11.1 Å². The number of rotatable bonds is 2. The summed E-state index contributed by atoms with van der Waals surface area (Å²) in [5, 5.41) is 2.88. The molecule has 0 fully saturated rings. The molecule has 1 heterocycles. The summed E-state index contributed by atoms with van der Waals surface area (Å²) in [5.74, 6) is 0. The first kappa shape index (κ1) is 34.0. The van der Waals surface area contributed by atoms with Crippen molar-refractivity contribution in [1.82, 2.24) is 9.34 Å². The molecule has 1 aliphatic heterocycles. The van der Waals surface area contributed by atoms with Crippen molar-refractivity contribution in [3.8, 4) is 11.1 Å². The third-order valence-electron chi connectivity index (χ3n) is 7.70. The monoisotopic (exact) mass is 596 g/mol. The summed E-state index contributed by atoms with van der Waals surface area (Å²) in [5.41, 5.74) is 8.48. The Balaban J connectivity index is 0.00000507. The Labute approximate surface area is 247 Å². The maximum absolute atomic E-state index is 7.95. The van der Waals surface area contributed by atoms with Gasteiger partial charge in [-0.25, -0.2) is 0 Å². The van der Waals surface area contributed by atoms with Gasteiger partial charge in [0.05, 0.1) is 0 Å². The molecular weight excluding hydrogens is 545 g/mol. The zero-order valence-electron chi connectivity index (χ0n) is 26.9. The molecule has 0 N–H and O–H groups in total. The van der Waals surface area contributed by atoms with E-state index in [1.165, 1.54) is 44.0 Å². The molecule has 2 nitrogen and oxygen atoms in total. The first-order valence-electron chi connectivity index (χ1n) is 13.6. The second kappa shape index (κ2) is 10.6. The highest BCUT2D eigenvalue weighted by Gasteiger charge is 2.62. The highest BCUT2D eigenvalue weighted by Crippen LogP contribution is 2.89. The summed E-state index contributed by atoms with van der Waals surface area (Å²) in [7, 11) is 6.91. The van der Waals surface area contributed by atoms with E-state index in [9.17, 15) is 0 Å². The van der Waals surface area contributed by atoms with Crippen LogP contribution in [-0.4, -0.2) is 37.5 Å². The average Bonchev–Trinajstić information content (AvgIpc) is 2.69. The van der Waals surface area contributed by atoms with Crippen LogP contribution < -0.4 is 23.0 Å². The lowest BCUT2D eigenvalue weighted by Crippen LogP contribution is -3.00. The molecule has 0 saturated carbocycles. The minimum atomic E-state index is -2.11. The second-order valence-electron chi connectivity index (χ2n) is 15.4. The van der Waals surface area contributed by atoms with Gasteiger partial charge in [-0.05, 0) is 67.3 Å². The van der Waals surface area contributed by atoms with Gasteiger partial charge in [0.25, 0.3) is 0 Å². The van der Waals surface area contributed by atoms with Gasteiger partial charge in [0, 0.05) is 44.6 Å². The van der Waals surface area contributed by atoms with Gasteiger partial charge in [0.15, 0.2) is 0 Å². The Morgan fingerprint density at radius 1 is 0.579 bits per heavy atom. The van der Waals surface area contributed by atoms with Gasteiger partial charge in [-0.3, -0.25) is 0 Å². The van der Waals surface area contributed by atoms with E-state index in [1.54, 1.807) is 0 Å². The fourth-order valence-corrected chi connectivity index (χ4v) is 18.5. The van der Waals surface area contributed by atoms with Crippen molar-refractivity contribution in [2.75, 3.05) is 28.2 Å². The van der Waals surface area contributed by atoms with Gasteiger partial charge < -0.3 is 12.4 Å². The molecule has 3 rings (SSSR count). The Kier molecular flexibility index (Phi) is 9.46. The molecular formula is C32H52Cl2N2P2. The minimum Gasteiger partial charge on any atom is -1.00 e. The van der Waals surface area contributed by atoms with Gasteiger partial charge in [0.1, 0.15) is 5.30 Å². The Hall–Kier alpha value is -0.200. The van der Waals surface area contributed by atoms with Crippen LogP contribution >= 0.6 is 25.5 Å². The number of benzene rings is 2. The molecule has 0 aliphatic carbocycles. The summed E-state index contributed by atoms with van der Waals surface area (Å²) < 4.78 is 4.98. The van der Waals surface area contributed by atoms with E-state index in [2.05, 4.69) is 145 Å². The fraction of sp³-hybridized carbons (Fsp3) is 0.625. The highest BCUT2D eigenvalue weighted by atomic mass is 35.7. The first-order chi connectivity index (χ1) is 16.5. The molecule has 0 saturated heterocycles. The maximum atomic E-state index is 7.95. The fourth-order valence-electron chi connectivity index (χ4n) is 5.51. The van der Waals surface area contributed by atoms with Crippen LogP contribution in [0.1, 0.15) is 105 Å². The minimum absolute atomic E-state index is 0. The zero-order chi connectivity index (χ0) is 28.7. The van der Waals surface area contributed by atoms with Crippen molar-refractivity contribution in [2.24, 2.45) is 0 Å². The van der Waals surface area contributed by atoms with Crippen molar-refractivity contribution in [2.45, 2.75) is 105 Å². The van der Waals surface area contributed by atoms with Gasteiger partial charge in [-0.15, -0.1) is 0 Å². The van der Waals surface area contributed by atoms with Crippen LogP contribution in [0.2, 0.25) is 0 Å². The summed E-state index contributed by atoms with van der Waals surface area (Å²) >= 11 is 7.95. The lowest BCUT2D eigenvalue weighted by Gasteiger charge is -2.46. The van der Waals surface area contributed by atoms with Gasteiger partial charge in [-0.1, -0.05) is 95.2 Å². The van der Waals surface area contributed by atoms with Crippen molar-refractivity contribution in [3.63, 3.8) is 0 Å². The van der Waals surface area contributed by atoms with E-state index in [1.807, 2.05) is 0 Å². The van der Waals surface area contributed by atoms with Crippen LogP contribution in [0.15, 0.2) is 24.3 Å². The van der Waals surface area contributed by atoms with Gasteiger partial charge in [0.2, 0.25) is 14.2 Å². The third-order valence-corrected chi connectivity index (χ3v) is 19.6. The number of hydrogen-bond acceptors (Lipinski definition) is 2. The number of fused-ring (bicyclic) bond motifs is 3. The number of halogens is 2. The SMILES string of the molecule is CN(C)[P+]1(N(C)C)c2c(cc(C(C)(C)C)cc2C(C)(C)C)-c2cc(C(C)(C)C)cc(C(C)(C)C)c2P1Cl.[Cl-]. The smallest absolute Gasteiger partial charge is 0.225 e. The molecule has 1 aliphatic rings. The van der Waals surface area contributed by atoms with Crippen LogP contribution in [0.5, 0.6) is 0 Å². The maximum Gasteiger partial charge on any atom is 0.225 e.